The molecule has 0 aliphatic carbocycles. The van der Waals surface area contributed by atoms with Gasteiger partial charge in [0.2, 0.25) is 5.91 Å². The molecular formula is C27H21ClN2O. The van der Waals surface area contributed by atoms with Crippen molar-refractivity contribution in [3.8, 4) is 0 Å². The number of nitrogens with two attached hydrogens (primary N) is 1. The molecule has 5 aromatic rings. The lowest BCUT2D eigenvalue weighted by molar-refractivity contribution is 0.100. The smallest absolute Gasteiger partial charge is 0.249 e. The van der Waals surface area contributed by atoms with Crippen LogP contribution in [0.15, 0.2) is 91.0 Å². The normalized spacial score (nSPS) is 11.3. The van der Waals surface area contributed by atoms with E-state index < -0.39 is 5.91 Å². The third kappa shape index (κ3) is 3.47. The maximum atomic E-state index is 12.1. The number of amides is 1. The first-order chi connectivity index (χ1) is 15.1. The van der Waals surface area contributed by atoms with Crippen molar-refractivity contribution in [1.82, 2.24) is 4.57 Å². The van der Waals surface area contributed by atoms with Gasteiger partial charge in [-0.15, -0.1) is 0 Å². The summed E-state index contributed by atoms with van der Waals surface area (Å²) < 4.78 is 2.20. The van der Waals surface area contributed by atoms with Gasteiger partial charge in [0.05, 0.1) is 16.1 Å². The predicted octanol–water partition coefficient (Wildman–Crippen LogP) is 6.19. The molecule has 0 radical (unpaired) electrons. The van der Waals surface area contributed by atoms with Crippen LogP contribution in [0.5, 0.6) is 0 Å². The van der Waals surface area contributed by atoms with Gasteiger partial charge in [-0.1, -0.05) is 84.4 Å². The summed E-state index contributed by atoms with van der Waals surface area (Å²) in [5.74, 6) is -0.436. The molecule has 0 fully saturated rings. The van der Waals surface area contributed by atoms with Gasteiger partial charge in [-0.05, 0) is 41.3 Å². The van der Waals surface area contributed by atoms with E-state index in [1.165, 1.54) is 16.7 Å². The second-order valence-corrected chi connectivity index (χ2v) is 8.12. The average molecular weight is 425 g/mol. The number of carbonyl (C=O) groups is 1. The molecule has 0 aliphatic heterocycles. The largest absolute Gasteiger partial charge is 0.366 e. The second-order valence-electron chi connectivity index (χ2n) is 7.72. The van der Waals surface area contributed by atoms with Gasteiger partial charge in [-0.2, -0.15) is 0 Å². The molecule has 0 spiro atoms. The lowest BCUT2D eigenvalue weighted by atomic mass is 9.99. The Hall–Kier alpha value is -3.56. The zero-order chi connectivity index (χ0) is 21.4. The van der Waals surface area contributed by atoms with Crippen LogP contribution in [0.4, 0.5) is 0 Å². The number of para-hydroxylation sites is 1. The van der Waals surface area contributed by atoms with Crippen LogP contribution in [0.3, 0.4) is 0 Å². The Kier molecular flexibility index (Phi) is 4.97. The summed E-state index contributed by atoms with van der Waals surface area (Å²) in [5.41, 5.74) is 11.8. The number of fused-ring (bicyclic) bond motifs is 3. The molecule has 0 bridgehead atoms. The highest BCUT2D eigenvalue weighted by Gasteiger charge is 2.18. The van der Waals surface area contributed by atoms with Crippen molar-refractivity contribution < 1.29 is 4.79 Å². The van der Waals surface area contributed by atoms with Gasteiger partial charge in [0.1, 0.15) is 0 Å². The molecule has 0 saturated heterocycles. The highest BCUT2D eigenvalue weighted by Crippen LogP contribution is 2.36. The van der Waals surface area contributed by atoms with E-state index in [0.717, 1.165) is 28.2 Å². The lowest BCUT2D eigenvalue weighted by Gasteiger charge is -2.13. The number of benzene rings is 4. The summed E-state index contributed by atoms with van der Waals surface area (Å²) in [6.45, 7) is 0.648. The first kappa shape index (κ1) is 19.4. The third-order valence-electron chi connectivity index (χ3n) is 5.81. The molecule has 1 heterocycles. The maximum absolute atomic E-state index is 12.1. The van der Waals surface area contributed by atoms with Crippen molar-refractivity contribution in [3.05, 3.63) is 118 Å². The van der Waals surface area contributed by atoms with Gasteiger partial charge < -0.3 is 10.3 Å². The molecule has 1 amide bonds. The summed E-state index contributed by atoms with van der Waals surface area (Å²) in [6.07, 6.45) is 0.856. The van der Waals surface area contributed by atoms with Crippen LogP contribution in [-0.4, -0.2) is 10.5 Å². The van der Waals surface area contributed by atoms with E-state index in [2.05, 4.69) is 53.1 Å². The molecule has 2 N–H and O–H groups in total. The standard InChI is InChI=1S/C27H21ClN2O/c28-23-14-6-12-21-25-22(27(29)31)13-7-15-24(25)30(26(21)23)17-20-11-5-4-10-19(20)16-18-8-2-1-3-9-18/h1-15H,16-17H2,(H2,29,31). The number of nitrogens with zero attached hydrogens (tertiary/aromatic N) is 1. The van der Waals surface area contributed by atoms with Crippen molar-refractivity contribution in [2.24, 2.45) is 5.73 Å². The molecular weight excluding hydrogens is 404 g/mol. The van der Waals surface area contributed by atoms with Crippen molar-refractivity contribution in [3.63, 3.8) is 0 Å². The molecule has 31 heavy (non-hydrogen) atoms. The minimum absolute atomic E-state index is 0.436. The van der Waals surface area contributed by atoms with Gasteiger partial charge in [-0.25, -0.2) is 0 Å². The van der Waals surface area contributed by atoms with Crippen molar-refractivity contribution in [1.29, 1.82) is 0 Å². The Labute approximate surface area is 185 Å². The molecule has 4 aromatic carbocycles. The number of hydrogen-bond donors (Lipinski definition) is 1. The molecule has 0 aliphatic rings. The van der Waals surface area contributed by atoms with Gasteiger partial charge >= 0.3 is 0 Å². The summed E-state index contributed by atoms with van der Waals surface area (Å²) >= 11 is 6.66. The van der Waals surface area contributed by atoms with E-state index in [9.17, 15) is 4.79 Å². The zero-order valence-corrected chi connectivity index (χ0v) is 17.6. The fourth-order valence-corrected chi connectivity index (χ4v) is 4.68. The van der Waals surface area contributed by atoms with E-state index in [0.29, 0.717) is 17.1 Å². The van der Waals surface area contributed by atoms with Gasteiger partial charge in [-0.3, -0.25) is 4.79 Å². The molecule has 5 rings (SSSR count). The molecule has 0 unspecified atom stereocenters. The maximum Gasteiger partial charge on any atom is 0.249 e. The molecule has 0 saturated carbocycles. The van der Waals surface area contributed by atoms with Crippen molar-refractivity contribution in [2.45, 2.75) is 13.0 Å². The Morgan fingerprint density at radius 1 is 0.806 bits per heavy atom. The zero-order valence-electron chi connectivity index (χ0n) is 16.9. The minimum Gasteiger partial charge on any atom is -0.366 e. The SMILES string of the molecule is NC(=O)c1cccc2c1c1cccc(Cl)c1n2Cc1ccccc1Cc1ccccc1. The van der Waals surface area contributed by atoms with Crippen LogP contribution in [0.25, 0.3) is 21.8 Å². The predicted molar refractivity (Wildman–Crippen MR) is 128 cm³/mol. The Morgan fingerprint density at radius 2 is 1.52 bits per heavy atom. The summed E-state index contributed by atoms with van der Waals surface area (Å²) in [5, 5.41) is 2.45. The first-order valence-electron chi connectivity index (χ1n) is 10.2. The van der Waals surface area contributed by atoms with Crippen LogP contribution >= 0.6 is 11.6 Å². The number of rotatable bonds is 5. The van der Waals surface area contributed by atoms with E-state index in [4.69, 9.17) is 17.3 Å². The number of halogens is 1. The Bertz CT molecular complexity index is 1420. The van der Waals surface area contributed by atoms with Gasteiger partial charge in [0.15, 0.2) is 0 Å². The summed E-state index contributed by atoms with van der Waals surface area (Å²) in [7, 11) is 0. The summed E-state index contributed by atoms with van der Waals surface area (Å²) in [4.78, 5) is 12.1. The third-order valence-corrected chi connectivity index (χ3v) is 6.11. The van der Waals surface area contributed by atoms with Crippen molar-refractivity contribution in [2.75, 3.05) is 0 Å². The Morgan fingerprint density at radius 3 is 2.29 bits per heavy atom. The van der Waals surface area contributed by atoms with Crippen molar-refractivity contribution >= 4 is 39.3 Å². The van der Waals surface area contributed by atoms with Crippen LogP contribution in [0, 0.1) is 0 Å². The summed E-state index contributed by atoms with van der Waals surface area (Å²) in [6, 6.07) is 30.4. The fourth-order valence-electron chi connectivity index (χ4n) is 4.40. The Balaban J connectivity index is 1.70. The highest BCUT2D eigenvalue weighted by molar-refractivity contribution is 6.37. The number of carbonyl (C=O) groups excluding carboxylic acids is 1. The van der Waals surface area contributed by atoms with Crippen LogP contribution in [0.1, 0.15) is 27.0 Å². The minimum atomic E-state index is -0.436. The van der Waals surface area contributed by atoms with Crippen LogP contribution in [-0.2, 0) is 13.0 Å². The van der Waals surface area contributed by atoms with E-state index in [1.54, 1.807) is 6.07 Å². The average Bonchev–Trinajstić information content (AvgIpc) is 3.11. The molecule has 4 heteroatoms. The van der Waals surface area contributed by atoms with Crippen LogP contribution in [0.2, 0.25) is 5.02 Å². The molecule has 1 aromatic heterocycles. The van der Waals surface area contributed by atoms with Gasteiger partial charge in [0.25, 0.3) is 0 Å². The quantitative estimate of drug-likeness (QED) is 0.359. The van der Waals surface area contributed by atoms with Gasteiger partial charge in [0, 0.05) is 22.9 Å². The highest BCUT2D eigenvalue weighted by atomic mass is 35.5. The van der Waals surface area contributed by atoms with E-state index >= 15 is 0 Å². The molecule has 152 valence electrons. The van der Waals surface area contributed by atoms with E-state index in [-0.39, 0.29) is 0 Å². The van der Waals surface area contributed by atoms with E-state index in [1.807, 2.05) is 36.4 Å². The molecule has 0 atom stereocenters. The fraction of sp³-hybridized carbons (Fsp3) is 0.0741. The number of primary amides is 1. The monoisotopic (exact) mass is 424 g/mol. The lowest BCUT2D eigenvalue weighted by Crippen LogP contribution is -2.11. The molecule has 3 nitrogen and oxygen atoms in total. The van der Waals surface area contributed by atoms with Crippen LogP contribution < -0.4 is 5.73 Å². The number of hydrogen-bond acceptors (Lipinski definition) is 1. The first-order valence-corrected chi connectivity index (χ1v) is 10.6. The topological polar surface area (TPSA) is 48.0 Å². The second kappa shape index (κ2) is 7.93. The number of aromatic nitrogens is 1.